The fourth-order valence-electron chi connectivity index (χ4n) is 3.68. The van der Waals surface area contributed by atoms with E-state index in [2.05, 4.69) is 10.2 Å². The van der Waals surface area contributed by atoms with Gasteiger partial charge in [0.05, 0.1) is 4.88 Å². The van der Waals surface area contributed by atoms with Gasteiger partial charge in [-0.2, -0.15) is 0 Å². The molecule has 1 aromatic carbocycles. The molecule has 1 N–H and O–H groups in total. The van der Waals surface area contributed by atoms with Crippen LogP contribution in [0.15, 0.2) is 36.4 Å². The smallest absolute Gasteiger partial charge is 0.261 e. The Balaban J connectivity index is 1.45. The summed E-state index contributed by atoms with van der Waals surface area (Å²) in [6.45, 7) is 3.32. The van der Waals surface area contributed by atoms with Gasteiger partial charge in [0.1, 0.15) is 5.82 Å². The van der Waals surface area contributed by atoms with Crippen molar-refractivity contribution in [1.29, 1.82) is 0 Å². The number of amides is 1. The first-order chi connectivity index (χ1) is 11.2. The molecule has 2 aliphatic heterocycles. The van der Waals surface area contributed by atoms with Gasteiger partial charge in [-0.15, -0.1) is 11.3 Å². The highest BCUT2D eigenvalue weighted by Crippen LogP contribution is 2.30. The van der Waals surface area contributed by atoms with E-state index in [-0.39, 0.29) is 17.8 Å². The summed E-state index contributed by atoms with van der Waals surface area (Å²) in [6.07, 6.45) is 2.35. The van der Waals surface area contributed by atoms with Crippen LogP contribution in [-0.2, 0) is 0 Å². The number of hydrogen-bond acceptors (Lipinski definition) is 3. The average molecular weight is 330 g/mol. The van der Waals surface area contributed by atoms with Gasteiger partial charge in [0.25, 0.3) is 5.91 Å². The first-order valence-corrected chi connectivity index (χ1v) is 8.88. The number of carbonyl (C=O) groups is 1. The van der Waals surface area contributed by atoms with Gasteiger partial charge in [-0.25, -0.2) is 4.39 Å². The topological polar surface area (TPSA) is 32.3 Å². The van der Waals surface area contributed by atoms with Crippen LogP contribution >= 0.6 is 11.3 Å². The highest BCUT2D eigenvalue weighted by Gasteiger charge is 2.33. The van der Waals surface area contributed by atoms with Crippen molar-refractivity contribution >= 4 is 17.2 Å². The molecule has 3 atom stereocenters. The largest absolute Gasteiger partial charge is 0.347 e. The molecular weight excluding hydrogens is 311 g/mol. The maximum Gasteiger partial charge on any atom is 0.261 e. The van der Waals surface area contributed by atoms with E-state index in [0.29, 0.717) is 4.88 Å². The van der Waals surface area contributed by atoms with Gasteiger partial charge in [0.15, 0.2) is 0 Å². The van der Waals surface area contributed by atoms with E-state index < -0.39 is 0 Å². The zero-order chi connectivity index (χ0) is 15.8. The van der Waals surface area contributed by atoms with Gasteiger partial charge in [0.2, 0.25) is 0 Å². The Bertz CT molecular complexity index is 717. The number of nitrogens with one attached hydrogen (secondary N) is 1. The van der Waals surface area contributed by atoms with Crippen molar-refractivity contribution in [2.45, 2.75) is 18.9 Å². The van der Waals surface area contributed by atoms with Crippen LogP contribution in [0.4, 0.5) is 4.39 Å². The standard InChI is InChI=1S/C18H19FN2OS/c19-14-3-1-2-13(9-14)16-4-5-17(23-16)18(22)20-15-8-12-6-7-21(10-12)11-15/h1-5,9,12,15H,6-8,10-11H2,(H,20,22)/t12-,15+/m0/s1. The lowest BCUT2D eigenvalue weighted by Crippen LogP contribution is -2.46. The van der Waals surface area contributed by atoms with Crippen molar-refractivity contribution in [3.05, 3.63) is 47.1 Å². The lowest BCUT2D eigenvalue weighted by atomic mass is 9.97. The number of rotatable bonds is 3. The summed E-state index contributed by atoms with van der Waals surface area (Å²) < 4.78 is 13.3. The number of piperidine rings is 1. The molecule has 5 heteroatoms. The molecule has 4 rings (SSSR count). The van der Waals surface area contributed by atoms with Gasteiger partial charge in [-0.05, 0) is 55.1 Å². The number of benzene rings is 1. The minimum Gasteiger partial charge on any atom is -0.347 e. The highest BCUT2D eigenvalue weighted by atomic mass is 32.1. The number of carbonyl (C=O) groups excluding carboxylic acids is 1. The van der Waals surface area contributed by atoms with Crippen molar-refractivity contribution < 1.29 is 9.18 Å². The number of nitrogens with zero attached hydrogens (tertiary/aromatic N) is 1. The molecule has 1 amide bonds. The lowest BCUT2D eigenvalue weighted by molar-refractivity contribution is 0.0913. The Labute approximate surface area is 139 Å². The number of hydrogen-bond donors (Lipinski definition) is 1. The van der Waals surface area contributed by atoms with Gasteiger partial charge < -0.3 is 10.2 Å². The number of thiophene rings is 1. The quantitative estimate of drug-likeness (QED) is 0.936. The van der Waals surface area contributed by atoms with Crippen LogP contribution in [-0.4, -0.2) is 36.5 Å². The molecule has 0 aliphatic carbocycles. The second-order valence-electron chi connectivity index (χ2n) is 6.49. The molecule has 1 aromatic heterocycles. The molecule has 0 spiro atoms. The molecule has 3 nitrogen and oxygen atoms in total. The Morgan fingerprint density at radius 2 is 2.17 bits per heavy atom. The molecular formula is C18H19FN2OS. The monoisotopic (exact) mass is 330 g/mol. The van der Waals surface area contributed by atoms with E-state index >= 15 is 0 Å². The Hall–Kier alpha value is -1.72. The van der Waals surface area contributed by atoms with E-state index in [1.54, 1.807) is 6.07 Å². The number of halogens is 1. The van der Waals surface area contributed by atoms with Gasteiger partial charge in [-0.1, -0.05) is 12.1 Å². The Morgan fingerprint density at radius 3 is 3.00 bits per heavy atom. The van der Waals surface area contributed by atoms with E-state index in [0.717, 1.165) is 29.3 Å². The van der Waals surface area contributed by atoms with E-state index in [1.165, 1.54) is 43.0 Å². The normalized spacial score (nSPS) is 26.2. The summed E-state index contributed by atoms with van der Waals surface area (Å²) in [7, 11) is 0. The van der Waals surface area contributed by atoms with Crippen LogP contribution in [0.1, 0.15) is 22.5 Å². The van der Waals surface area contributed by atoms with Crippen LogP contribution in [0.3, 0.4) is 0 Å². The molecule has 0 radical (unpaired) electrons. The predicted octanol–water partition coefficient (Wildman–Crippen LogP) is 3.38. The van der Waals surface area contributed by atoms with Crippen LogP contribution in [0.2, 0.25) is 0 Å². The van der Waals surface area contributed by atoms with Crippen molar-refractivity contribution in [2.75, 3.05) is 19.6 Å². The first kappa shape index (κ1) is 14.8. The van der Waals surface area contributed by atoms with Crippen molar-refractivity contribution in [3.8, 4) is 10.4 Å². The predicted molar refractivity (Wildman–Crippen MR) is 90.1 cm³/mol. The molecule has 2 bridgehead atoms. The summed E-state index contributed by atoms with van der Waals surface area (Å²) in [5.74, 6) is 0.471. The summed E-state index contributed by atoms with van der Waals surface area (Å²) in [5, 5.41) is 3.17. The molecule has 2 fully saturated rings. The number of fused-ring (bicyclic) bond motifs is 2. The molecule has 0 saturated carbocycles. The van der Waals surface area contributed by atoms with Crippen LogP contribution < -0.4 is 5.32 Å². The molecule has 2 aliphatic rings. The Morgan fingerprint density at radius 1 is 1.26 bits per heavy atom. The molecule has 120 valence electrons. The Kier molecular flexibility index (Phi) is 3.91. The zero-order valence-electron chi connectivity index (χ0n) is 12.8. The van der Waals surface area contributed by atoms with Crippen LogP contribution in [0.25, 0.3) is 10.4 Å². The summed E-state index contributed by atoms with van der Waals surface area (Å²) in [6, 6.07) is 10.5. The fraction of sp³-hybridized carbons (Fsp3) is 0.389. The fourth-order valence-corrected chi connectivity index (χ4v) is 4.58. The third-order valence-electron chi connectivity index (χ3n) is 4.74. The maximum atomic E-state index is 13.3. The molecule has 1 unspecified atom stereocenters. The second-order valence-corrected chi connectivity index (χ2v) is 7.58. The van der Waals surface area contributed by atoms with Gasteiger partial charge >= 0.3 is 0 Å². The molecule has 2 aromatic rings. The summed E-state index contributed by atoms with van der Waals surface area (Å²) in [5.41, 5.74) is 0.816. The minimum atomic E-state index is -0.256. The lowest BCUT2D eigenvalue weighted by Gasteiger charge is -2.30. The average Bonchev–Trinajstić information content (AvgIpc) is 3.14. The summed E-state index contributed by atoms with van der Waals surface area (Å²) >= 11 is 1.42. The van der Waals surface area contributed by atoms with Crippen molar-refractivity contribution in [2.24, 2.45) is 5.92 Å². The minimum absolute atomic E-state index is 0.00912. The van der Waals surface area contributed by atoms with Gasteiger partial charge in [-0.3, -0.25) is 4.79 Å². The zero-order valence-corrected chi connectivity index (χ0v) is 13.6. The van der Waals surface area contributed by atoms with E-state index in [9.17, 15) is 9.18 Å². The van der Waals surface area contributed by atoms with Crippen LogP contribution in [0, 0.1) is 11.7 Å². The highest BCUT2D eigenvalue weighted by molar-refractivity contribution is 7.17. The third kappa shape index (κ3) is 3.16. The molecule has 2 saturated heterocycles. The van der Waals surface area contributed by atoms with E-state index in [1.807, 2.05) is 18.2 Å². The maximum absolute atomic E-state index is 13.3. The van der Waals surface area contributed by atoms with Crippen LogP contribution in [0.5, 0.6) is 0 Å². The second kappa shape index (κ2) is 6.06. The molecule has 3 heterocycles. The third-order valence-corrected chi connectivity index (χ3v) is 5.87. The van der Waals surface area contributed by atoms with Gasteiger partial charge in [0, 0.05) is 24.0 Å². The summed E-state index contributed by atoms with van der Waals surface area (Å²) in [4.78, 5) is 16.5. The molecule has 23 heavy (non-hydrogen) atoms. The van der Waals surface area contributed by atoms with Crippen molar-refractivity contribution in [1.82, 2.24) is 10.2 Å². The van der Waals surface area contributed by atoms with Crippen molar-refractivity contribution in [3.63, 3.8) is 0 Å². The van der Waals surface area contributed by atoms with E-state index in [4.69, 9.17) is 0 Å². The SMILES string of the molecule is O=C(N[C@@H]1C[C@@H]2CCN(C2)C1)c1ccc(-c2cccc(F)c2)s1. The first-order valence-electron chi connectivity index (χ1n) is 8.06.